The number of hydrogen-bond donors (Lipinski definition) is 2. The van der Waals surface area contributed by atoms with Crippen molar-refractivity contribution in [1.29, 1.82) is 0 Å². The molecule has 2 N–H and O–H groups in total. The Kier molecular flexibility index (Phi) is 27.7. The van der Waals surface area contributed by atoms with Crippen molar-refractivity contribution in [3.63, 3.8) is 0 Å². The maximum Gasteiger partial charge on any atom is 1.00 e. The summed E-state index contributed by atoms with van der Waals surface area (Å²) < 4.78 is 38.6. The Bertz CT molecular complexity index is 229. The summed E-state index contributed by atoms with van der Waals surface area (Å²) >= 11 is -4.43. The SMILES string of the molecule is O=C(O)CCS(=O)[O-].O=C(O)CCS(=O)[O-].[Na+].[Na+]. The van der Waals surface area contributed by atoms with Crippen molar-refractivity contribution in [2.75, 3.05) is 11.5 Å². The average Bonchev–Trinajstić information content (AvgIpc) is 2.12. The van der Waals surface area contributed by atoms with Crippen molar-refractivity contribution in [3.05, 3.63) is 0 Å². The zero-order valence-electron chi connectivity index (χ0n) is 9.99. The first-order chi connectivity index (χ1) is 7.25. The molecule has 0 aromatic heterocycles. The summed E-state index contributed by atoms with van der Waals surface area (Å²) in [6, 6.07) is 0. The molecule has 0 aliphatic heterocycles. The Morgan fingerprint density at radius 3 is 1.11 bits per heavy atom. The molecule has 18 heavy (non-hydrogen) atoms. The minimum atomic E-state index is -2.22. The molecule has 0 fully saturated rings. The Labute approximate surface area is 153 Å². The molecule has 0 saturated heterocycles. The zero-order chi connectivity index (χ0) is 13.1. The molecule has 0 amide bonds. The molecule has 0 aliphatic carbocycles. The standard InChI is InChI=1S/2C3H6O4S.2Na/c2*4-3(5)1-2-8(6)7;;/h2*1-2H2,(H,4,5)(H,6,7);;/q;;2*+1/p-2. The summed E-state index contributed by atoms with van der Waals surface area (Å²) in [5.74, 6) is -2.77. The van der Waals surface area contributed by atoms with Crippen LogP contribution in [0.1, 0.15) is 12.8 Å². The molecule has 0 radical (unpaired) electrons. The van der Waals surface area contributed by atoms with Gasteiger partial charge in [0.05, 0.1) is 12.8 Å². The van der Waals surface area contributed by atoms with E-state index in [1.54, 1.807) is 0 Å². The minimum absolute atomic E-state index is 0. The largest absolute Gasteiger partial charge is 1.00 e. The van der Waals surface area contributed by atoms with Gasteiger partial charge in [0.25, 0.3) is 0 Å². The number of aliphatic carboxylic acids is 2. The van der Waals surface area contributed by atoms with Crippen LogP contribution in [-0.4, -0.2) is 51.2 Å². The first-order valence-corrected chi connectivity index (χ1v) is 6.29. The molecule has 8 nitrogen and oxygen atoms in total. The molecule has 0 spiro atoms. The molecule has 0 bridgehead atoms. The van der Waals surface area contributed by atoms with E-state index in [2.05, 4.69) is 0 Å². The molecule has 2 unspecified atom stereocenters. The third kappa shape index (κ3) is 36.0. The molecule has 96 valence electrons. The Morgan fingerprint density at radius 1 is 0.833 bits per heavy atom. The van der Waals surface area contributed by atoms with Crippen LogP contribution in [0.4, 0.5) is 0 Å². The van der Waals surface area contributed by atoms with Crippen molar-refractivity contribution in [3.8, 4) is 0 Å². The molecule has 0 aromatic carbocycles. The van der Waals surface area contributed by atoms with Gasteiger partial charge in [0.15, 0.2) is 0 Å². The fourth-order valence-corrected chi connectivity index (χ4v) is 1.02. The maximum atomic E-state index is 9.64. The van der Waals surface area contributed by atoms with Gasteiger partial charge < -0.3 is 19.3 Å². The van der Waals surface area contributed by atoms with Gasteiger partial charge in [0, 0.05) is 11.5 Å². The third-order valence-corrected chi connectivity index (χ3v) is 2.04. The van der Waals surface area contributed by atoms with E-state index >= 15 is 0 Å². The summed E-state index contributed by atoms with van der Waals surface area (Å²) in [5, 5.41) is 15.8. The second kappa shape index (κ2) is 18.2. The van der Waals surface area contributed by atoms with E-state index in [0.29, 0.717) is 0 Å². The summed E-state index contributed by atoms with van der Waals surface area (Å²) in [5.41, 5.74) is 0. The van der Waals surface area contributed by atoms with Crippen molar-refractivity contribution in [1.82, 2.24) is 0 Å². The molecule has 0 rings (SSSR count). The van der Waals surface area contributed by atoms with Crippen molar-refractivity contribution in [2.45, 2.75) is 12.8 Å². The zero-order valence-corrected chi connectivity index (χ0v) is 15.6. The molecule has 0 saturated carbocycles. The van der Waals surface area contributed by atoms with Gasteiger partial charge in [-0.1, -0.05) is 22.2 Å². The third-order valence-electron chi connectivity index (χ3n) is 0.965. The smallest absolute Gasteiger partial charge is 0.772 e. The van der Waals surface area contributed by atoms with Crippen LogP contribution in [0.25, 0.3) is 0 Å². The second-order valence-electron chi connectivity index (χ2n) is 2.30. The topological polar surface area (TPSA) is 155 Å². The van der Waals surface area contributed by atoms with Crippen LogP contribution in [0, 0.1) is 0 Å². The quantitative estimate of drug-likeness (QED) is 0.361. The predicted octanol–water partition coefficient (Wildman–Crippen LogP) is -7.31. The molecule has 0 heterocycles. The summed E-state index contributed by atoms with van der Waals surface area (Å²) in [7, 11) is 0. The van der Waals surface area contributed by atoms with Gasteiger partial charge in [0.2, 0.25) is 0 Å². The second-order valence-corrected chi connectivity index (χ2v) is 4.33. The minimum Gasteiger partial charge on any atom is -0.772 e. The molecular weight excluding hydrogens is 310 g/mol. The van der Waals surface area contributed by atoms with Crippen LogP contribution in [-0.2, 0) is 31.7 Å². The number of carboxylic acids is 2. The Balaban J connectivity index is -0.0000000980. The van der Waals surface area contributed by atoms with Crippen LogP contribution >= 0.6 is 0 Å². The summed E-state index contributed by atoms with van der Waals surface area (Å²) in [4.78, 5) is 19.3. The first-order valence-electron chi connectivity index (χ1n) is 3.81. The fourth-order valence-electron chi connectivity index (χ4n) is 0.341. The van der Waals surface area contributed by atoms with Crippen molar-refractivity contribution >= 4 is 34.1 Å². The van der Waals surface area contributed by atoms with Crippen LogP contribution in [0.3, 0.4) is 0 Å². The Morgan fingerprint density at radius 2 is 1.06 bits per heavy atom. The van der Waals surface area contributed by atoms with E-state index < -0.39 is 34.1 Å². The van der Waals surface area contributed by atoms with Crippen molar-refractivity contribution in [2.24, 2.45) is 0 Å². The van der Waals surface area contributed by atoms with Crippen LogP contribution < -0.4 is 59.1 Å². The number of carboxylic acid groups (broad SMARTS) is 2. The maximum absolute atomic E-state index is 9.64. The Hall–Kier alpha value is 1.16. The summed E-state index contributed by atoms with van der Waals surface area (Å²) in [6.07, 6.45) is -0.619. The van der Waals surface area contributed by atoms with Crippen LogP contribution in [0.5, 0.6) is 0 Å². The van der Waals surface area contributed by atoms with E-state index in [1.807, 2.05) is 0 Å². The van der Waals surface area contributed by atoms with Gasteiger partial charge in [0.1, 0.15) is 0 Å². The number of rotatable bonds is 6. The van der Waals surface area contributed by atoms with Gasteiger partial charge in [-0.3, -0.25) is 18.0 Å². The van der Waals surface area contributed by atoms with E-state index in [9.17, 15) is 27.1 Å². The molecule has 2 atom stereocenters. The van der Waals surface area contributed by atoms with Gasteiger partial charge in [-0.25, -0.2) is 0 Å². The van der Waals surface area contributed by atoms with Crippen LogP contribution in [0.2, 0.25) is 0 Å². The molecular formula is C6H10Na2O8S2. The normalized spacial score (nSPS) is 11.7. The first kappa shape index (κ1) is 27.5. The van der Waals surface area contributed by atoms with Gasteiger partial charge in [-0.05, 0) is 0 Å². The molecule has 12 heteroatoms. The number of hydrogen-bond acceptors (Lipinski definition) is 6. The van der Waals surface area contributed by atoms with E-state index in [4.69, 9.17) is 10.2 Å². The predicted molar refractivity (Wildman–Crippen MR) is 52.1 cm³/mol. The van der Waals surface area contributed by atoms with Crippen LogP contribution in [0.15, 0.2) is 0 Å². The summed E-state index contributed by atoms with van der Waals surface area (Å²) in [6.45, 7) is 0. The average molecular weight is 320 g/mol. The number of carbonyl (C=O) groups is 2. The van der Waals surface area contributed by atoms with E-state index in [0.717, 1.165) is 0 Å². The van der Waals surface area contributed by atoms with Gasteiger partial charge in [-0.2, -0.15) is 0 Å². The monoisotopic (exact) mass is 320 g/mol. The molecule has 0 aliphatic rings. The fraction of sp³-hybridized carbons (Fsp3) is 0.667. The van der Waals surface area contributed by atoms with E-state index in [-0.39, 0.29) is 83.5 Å². The van der Waals surface area contributed by atoms with Crippen molar-refractivity contribution < 1.29 is 96.4 Å². The molecule has 0 aromatic rings. The van der Waals surface area contributed by atoms with Gasteiger partial charge in [-0.15, -0.1) is 0 Å². The van der Waals surface area contributed by atoms with Gasteiger partial charge >= 0.3 is 71.1 Å². The van der Waals surface area contributed by atoms with E-state index in [1.165, 1.54) is 0 Å².